The number of pyridine rings is 1. The monoisotopic (exact) mass is 496 g/mol. The Morgan fingerprint density at radius 2 is 1.97 bits per heavy atom. The molecule has 5 rings (SSSR count). The summed E-state index contributed by atoms with van der Waals surface area (Å²) in [7, 11) is 0. The molecular weight excluding hydrogens is 473 g/mol. The van der Waals surface area contributed by atoms with Crippen molar-refractivity contribution in [3.05, 3.63) is 77.5 Å². The molecule has 4 aromatic rings. The number of carbonyl (C=O) groups is 1. The van der Waals surface area contributed by atoms with Gasteiger partial charge >= 0.3 is 12.6 Å². The van der Waals surface area contributed by atoms with Crippen LogP contribution in [-0.2, 0) is 11.2 Å². The number of nitrogens with zero attached hydrogens (tertiary/aromatic N) is 4. The van der Waals surface area contributed by atoms with E-state index in [1.54, 1.807) is 35.7 Å². The molecule has 2 unspecified atom stereocenters. The van der Waals surface area contributed by atoms with Gasteiger partial charge in [0.1, 0.15) is 23.0 Å². The van der Waals surface area contributed by atoms with Gasteiger partial charge < -0.3 is 14.2 Å². The second-order valence-electron chi connectivity index (χ2n) is 8.95. The molecule has 0 bridgehead atoms. The molecule has 1 fully saturated rings. The Hall–Kier alpha value is -3.95. The van der Waals surface area contributed by atoms with Gasteiger partial charge in [-0.1, -0.05) is 18.2 Å². The number of carboxylic acid groups (broad SMARTS) is 1. The summed E-state index contributed by atoms with van der Waals surface area (Å²) in [5.41, 5.74) is 3.01. The molecule has 0 radical (unpaired) electrons. The number of rotatable bonds is 7. The maximum absolute atomic E-state index is 15.0. The Morgan fingerprint density at radius 1 is 1.22 bits per heavy atom. The fourth-order valence-electron chi connectivity index (χ4n) is 4.83. The molecule has 0 saturated heterocycles. The Kier molecular flexibility index (Phi) is 6.34. The highest BCUT2D eigenvalue weighted by Crippen LogP contribution is 2.37. The zero-order valence-corrected chi connectivity index (χ0v) is 19.4. The van der Waals surface area contributed by atoms with Crippen molar-refractivity contribution < 1.29 is 27.8 Å². The van der Waals surface area contributed by atoms with Gasteiger partial charge in [0.2, 0.25) is 0 Å². The number of hydrogen-bond donors (Lipinski definition) is 1. The van der Waals surface area contributed by atoms with Crippen molar-refractivity contribution in [2.45, 2.75) is 45.1 Å². The van der Waals surface area contributed by atoms with E-state index < -0.39 is 24.3 Å². The van der Waals surface area contributed by atoms with Crippen molar-refractivity contribution >= 4 is 11.6 Å². The van der Waals surface area contributed by atoms with Gasteiger partial charge in [-0.2, -0.15) is 8.78 Å². The lowest BCUT2D eigenvalue weighted by Gasteiger charge is -2.12. The molecule has 1 aliphatic carbocycles. The fraction of sp³-hybridized carbons (Fsp3) is 0.308. The summed E-state index contributed by atoms with van der Waals surface area (Å²) in [6.45, 7) is -1.17. The zero-order chi connectivity index (χ0) is 25.4. The lowest BCUT2D eigenvalue weighted by Crippen LogP contribution is -2.10. The summed E-state index contributed by atoms with van der Waals surface area (Å²) >= 11 is 0. The summed E-state index contributed by atoms with van der Waals surface area (Å²) in [5.74, 6) is -1.10. The number of para-hydroxylation sites is 1. The van der Waals surface area contributed by atoms with Crippen molar-refractivity contribution in [2.75, 3.05) is 0 Å². The second kappa shape index (κ2) is 9.60. The van der Waals surface area contributed by atoms with Crippen LogP contribution in [0.25, 0.3) is 16.8 Å². The molecule has 1 aliphatic rings. The van der Waals surface area contributed by atoms with E-state index in [4.69, 9.17) is 0 Å². The van der Waals surface area contributed by atoms with Crippen LogP contribution in [0.5, 0.6) is 5.75 Å². The summed E-state index contributed by atoms with van der Waals surface area (Å²) < 4.78 is 47.2. The van der Waals surface area contributed by atoms with E-state index in [1.165, 1.54) is 24.5 Å². The predicted octanol–water partition coefficient (Wildman–Crippen LogP) is 5.40. The number of hydrogen-bond acceptors (Lipinski definition) is 5. The molecule has 0 spiro atoms. The number of carboxylic acids is 1. The maximum atomic E-state index is 15.0. The van der Waals surface area contributed by atoms with Gasteiger partial charge in [0.15, 0.2) is 0 Å². The van der Waals surface area contributed by atoms with Gasteiger partial charge in [0, 0.05) is 59.4 Å². The van der Waals surface area contributed by atoms with Crippen LogP contribution in [-0.4, -0.2) is 37.0 Å². The first kappa shape index (κ1) is 23.8. The van der Waals surface area contributed by atoms with Gasteiger partial charge in [-0.05, 0) is 32.3 Å². The average Bonchev–Trinajstić information content (AvgIpc) is 3.45. The number of fused-ring (bicyclic) bond motifs is 1. The highest BCUT2D eigenvalue weighted by molar-refractivity contribution is 5.70. The number of halogens is 3. The Bertz CT molecular complexity index is 1420. The van der Waals surface area contributed by atoms with E-state index in [1.807, 2.05) is 0 Å². The van der Waals surface area contributed by atoms with Gasteiger partial charge in [-0.3, -0.25) is 4.79 Å². The van der Waals surface area contributed by atoms with E-state index in [-0.39, 0.29) is 23.7 Å². The Balaban J connectivity index is 1.47. The highest BCUT2D eigenvalue weighted by atomic mass is 19.3. The van der Waals surface area contributed by atoms with E-state index in [9.17, 15) is 18.7 Å². The van der Waals surface area contributed by atoms with Crippen molar-refractivity contribution in [3.8, 4) is 16.9 Å². The molecule has 0 amide bonds. The summed E-state index contributed by atoms with van der Waals surface area (Å²) in [4.78, 5) is 24.5. The summed E-state index contributed by atoms with van der Waals surface area (Å²) in [5, 5.41) is 9.23. The first-order valence-corrected chi connectivity index (χ1v) is 11.5. The minimum atomic E-state index is -2.95. The number of aryl methyl sites for hydroxylation is 1. The molecule has 3 aromatic heterocycles. The van der Waals surface area contributed by atoms with Gasteiger partial charge in [-0.15, -0.1) is 0 Å². The molecule has 36 heavy (non-hydrogen) atoms. The van der Waals surface area contributed by atoms with Crippen LogP contribution in [0.1, 0.15) is 48.0 Å². The maximum Gasteiger partial charge on any atom is 0.387 e. The Morgan fingerprint density at radius 3 is 2.67 bits per heavy atom. The van der Waals surface area contributed by atoms with Crippen LogP contribution in [0.4, 0.5) is 13.2 Å². The molecule has 186 valence electrons. The van der Waals surface area contributed by atoms with E-state index >= 15 is 4.39 Å². The number of benzene rings is 1. The first-order chi connectivity index (χ1) is 17.3. The van der Waals surface area contributed by atoms with Crippen molar-refractivity contribution in [1.29, 1.82) is 0 Å². The third-order valence-corrected chi connectivity index (χ3v) is 6.69. The normalized spacial score (nSPS) is 17.7. The topological polar surface area (TPSA) is 89.6 Å². The van der Waals surface area contributed by atoms with Crippen molar-refractivity contribution in [1.82, 2.24) is 19.4 Å². The van der Waals surface area contributed by atoms with Gasteiger partial charge in [-0.25, -0.2) is 19.3 Å². The van der Waals surface area contributed by atoms with Crippen LogP contribution in [0, 0.1) is 18.7 Å². The summed E-state index contributed by atoms with van der Waals surface area (Å²) in [6, 6.07) is 7.85. The molecule has 10 heteroatoms. The number of alkyl halides is 2. The molecule has 3 heterocycles. The minimum absolute atomic E-state index is 0.0362. The fourth-order valence-corrected chi connectivity index (χ4v) is 4.83. The quantitative estimate of drug-likeness (QED) is 0.369. The smallest absolute Gasteiger partial charge is 0.387 e. The standard InChI is InChI=1S/C26H23F3N4O3/c1-14-21(9-15-4-2-3-5-22(15)36-26(28)29)33-13-19(20(27)10-23(33)32-14)18-11-30-24(31-12-18)16-6-7-17(8-16)25(34)35/h2-5,10-13,16-17,26H,6-9H2,1H3,(H,34,35). The van der Waals surface area contributed by atoms with Gasteiger partial charge in [0.05, 0.1) is 11.6 Å². The lowest BCUT2D eigenvalue weighted by molar-refractivity contribution is -0.141. The molecule has 1 aromatic carbocycles. The van der Waals surface area contributed by atoms with E-state index in [0.29, 0.717) is 53.2 Å². The largest absolute Gasteiger partial charge is 0.481 e. The second-order valence-corrected chi connectivity index (χ2v) is 8.95. The molecular formula is C26H23F3N4O3. The summed E-state index contributed by atoms with van der Waals surface area (Å²) in [6.07, 6.45) is 6.71. The third-order valence-electron chi connectivity index (χ3n) is 6.69. The number of aromatic nitrogens is 4. The number of ether oxygens (including phenoxy) is 1. The number of aliphatic carboxylic acids is 1. The van der Waals surface area contributed by atoms with Crippen molar-refractivity contribution in [3.63, 3.8) is 0 Å². The molecule has 7 nitrogen and oxygen atoms in total. The molecule has 2 atom stereocenters. The first-order valence-electron chi connectivity index (χ1n) is 11.5. The number of imidazole rings is 1. The SMILES string of the molecule is Cc1nc2cc(F)c(-c3cnc(C4CCC(C(=O)O)C4)nc3)cn2c1Cc1ccccc1OC(F)F. The lowest BCUT2D eigenvalue weighted by atomic mass is 10.0. The zero-order valence-electron chi connectivity index (χ0n) is 19.4. The van der Waals surface area contributed by atoms with Crippen LogP contribution < -0.4 is 4.74 Å². The van der Waals surface area contributed by atoms with Crippen LogP contribution >= 0.6 is 0 Å². The van der Waals surface area contributed by atoms with Gasteiger partial charge in [0.25, 0.3) is 0 Å². The predicted molar refractivity (Wildman–Crippen MR) is 125 cm³/mol. The van der Waals surface area contributed by atoms with E-state index in [2.05, 4.69) is 19.7 Å². The minimum Gasteiger partial charge on any atom is -0.481 e. The van der Waals surface area contributed by atoms with E-state index in [0.717, 1.165) is 0 Å². The Labute approximate surface area is 204 Å². The van der Waals surface area contributed by atoms with Crippen LogP contribution in [0.15, 0.2) is 48.9 Å². The molecule has 1 saturated carbocycles. The third kappa shape index (κ3) is 4.62. The molecule has 1 N–H and O–H groups in total. The highest BCUT2D eigenvalue weighted by Gasteiger charge is 2.32. The molecule has 0 aliphatic heterocycles. The van der Waals surface area contributed by atoms with Crippen LogP contribution in [0.3, 0.4) is 0 Å². The van der Waals surface area contributed by atoms with Crippen LogP contribution in [0.2, 0.25) is 0 Å². The average molecular weight is 496 g/mol. The van der Waals surface area contributed by atoms with Crippen molar-refractivity contribution in [2.24, 2.45) is 5.92 Å².